The second-order valence-corrected chi connectivity index (χ2v) is 7.72. The molecule has 0 unspecified atom stereocenters. The van der Waals surface area contributed by atoms with Crippen molar-refractivity contribution in [2.45, 2.75) is 9.79 Å². The van der Waals surface area contributed by atoms with E-state index in [0.717, 1.165) is 11.8 Å². The maximum Gasteiger partial charge on any atom is 0.175 e. The number of nitrogens with zero attached hydrogens (tertiary/aromatic N) is 1. The number of aliphatic imine (C=N–C) groups is 1. The molecule has 2 aromatic rings. The van der Waals surface area contributed by atoms with Crippen molar-refractivity contribution < 1.29 is 8.42 Å². The van der Waals surface area contributed by atoms with Gasteiger partial charge in [-0.05, 0) is 42.2 Å². The molecule has 6 heteroatoms. The van der Waals surface area contributed by atoms with E-state index >= 15 is 0 Å². The summed E-state index contributed by atoms with van der Waals surface area (Å²) < 4.78 is 23.1. The summed E-state index contributed by atoms with van der Waals surface area (Å²) in [6, 6.07) is 12.4. The zero-order valence-electron chi connectivity index (χ0n) is 11.6. The Balaban J connectivity index is 2.31. The van der Waals surface area contributed by atoms with Gasteiger partial charge in [0.2, 0.25) is 0 Å². The quantitative estimate of drug-likeness (QED) is 0.619. The third kappa shape index (κ3) is 4.33. The summed E-state index contributed by atoms with van der Waals surface area (Å²) in [7, 11) is -3.27. The average Bonchev–Trinajstić information content (AvgIpc) is 2.45. The molecular formula is C15H14ClNO2S2. The van der Waals surface area contributed by atoms with Gasteiger partial charge in [-0.25, -0.2) is 8.42 Å². The van der Waals surface area contributed by atoms with Crippen LogP contribution in [0.3, 0.4) is 0 Å². The zero-order chi connectivity index (χ0) is 15.5. The Hall–Kier alpha value is -1.30. The zero-order valence-corrected chi connectivity index (χ0v) is 14.0. The predicted molar refractivity (Wildman–Crippen MR) is 90.0 cm³/mol. The van der Waals surface area contributed by atoms with Gasteiger partial charge in [0.25, 0.3) is 0 Å². The normalized spacial score (nSPS) is 12.0. The fraction of sp³-hybridized carbons (Fsp3) is 0.133. The molecule has 110 valence electrons. The summed E-state index contributed by atoms with van der Waals surface area (Å²) in [6.07, 6.45) is 4.84. The van der Waals surface area contributed by atoms with Gasteiger partial charge in [-0.15, -0.1) is 11.8 Å². The number of hydrogen-bond donors (Lipinski definition) is 0. The van der Waals surface area contributed by atoms with Gasteiger partial charge in [0.1, 0.15) is 0 Å². The van der Waals surface area contributed by atoms with Crippen LogP contribution in [0.15, 0.2) is 57.2 Å². The van der Waals surface area contributed by atoms with Crippen LogP contribution in [0.2, 0.25) is 5.02 Å². The predicted octanol–water partition coefficient (Wildman–Crippen LogP) is 4.22. The van der Waals surface area contributed by atoms with Crippen molar-refractivity contribution in [2.24, 2.45) is 4.99 Å². The number of rotatable bonds is 4. The summed E-state index contributed by atoms with van der Waals surface area (Å²) in [4.78, 5) is 5.65. The molecule has 0 N–H and O–H groups in total. The van der Waals surface area contributed by atoms with Gasteiger partial charge in [-0.3, -0.25) is 4.99 Å². The minimum atomic E-state index is -3.27. The maximum absolute atomic E-state index is 11.5. The van der Waals surface area contributed by atoms with E-state index in [-0.39, 0.29) is 4.90 Å². The van der Waals surface area contributed by atoms with Crippen LogP contribution in [-0.2, 0) is 9.84 Å². The molecule has 0 heterocycles. The smallest absolute Gasteiger partial charge is 0.175 e. The van der Waals surface area contributed by atoms with Crippen molar-refractivity contribution in [1.82, 2.24) is 0 Å². The van der Waals surface area contributed by atoms with E-state index in [9.17, 15) is 8.42 Å². The molecule has 0 bridgehead atoms. The third-order valence-electron chi connectivity index (χ3n) is 2.81. The van der Waals surface area contributed by atoms with Crippen molar-refractivity contribution in [1.29, 1.82) is 0 Å². The topological polar surface area (TPSA) is 46.5 Å². The van der Waals surface area contributed by atoms with Gasteiger partial charge >= 0.3 is 0 Å². The van der Waals surface area contributed by atoms with Gasteiger partial charge in [0.15, 0.2) is 9.84 Å². The highest BCUT2D eigenvalue weighted by Crippen LogP contribution is 2.27. The first-order valence-corrected chi connectivity index (χ1v) is 9.57. The SMILES string of the molecule is CSc1ccc(C=Nc2cc(S(C)(=O)=O)ccc2Cl)cc1. The Labute approximate surface area is 134 Å². The Kier molecular flexibility index (Phi) is 5.08. The summed E-state index contributed by atoms with van der Waals surface area (Å²) in [5.41, 5.74) is 1.36. The van der Waals surface area contributed by atoms with E-state index in [0.29, 0.717) is 10.7 Å². The van der Waals surface area contributed by atoms with Gasteiger partial charge in [0.05, 0.1) is 15.6 Å². The van der Waals surface area contributed by atoms with E-state index in [1.807, 2.05) is 30.5 Å². The first kappa shape index (κ1) is 16.1. The maximum atomic E-state index is 11.5. The van der Waals surface area contributed by atoms with Crippen molar-refractivity contribution in [3.63, 3.8) is 0 Å². The van der Waals surface area contributed by atoms with Gasteiger partial charge in [-0.1, -0.05) is 23.7 Å². The first-order valence-electron chi connectivity index (χ1n) is 6.08. The number of sulfone groups is 1. The number of benzene rings is 2. The number of halogens is 1. The highest BCUT2D eigenvalue weighted by Gasteiger charge is 2.09. The van der Waals surface area contributed by atoms with Crippen LogP contribution in [0.5, 0.6) is 0 Å². The van der Waals surface area contributed by atoms with Crippen LogP contribution in [0.25, 0.3) is 0 Å². The van der Waals surface area contributed by atoms with E-state index in [1.54, 1.807) is 24.0 Å². The largest absolute Gasteiger partial charge is 0.255 e. The van der Waals surface area contributed by atoms with Crippen LogP contribution >= 0.6 is 23.4 Å². The molecule has 0 saturated heterocycles. The van der Waals surface area contributed by atoms with E-state index in [4.69, 9.17) is 11.6 Å². The second kappa shape index (κ2) is 6.64. The van der Waals surface area contributed by atoms with E-state index in [1.165, 1.54) is 17.0 Å². The van der Waals surface area contributed by atoms with Crippen LogP contribution in [0.4, 0.5) is 5.69 Å². The standard InChI is InChI=1S/C15H14ClNO2S2/c1-20-12-5-3-11(4-6-12)10-17-15-9-13(21(2,18)19)7-8-14(15)16/h3-10H,1-2H3. The fourth-order valence-electron chi connectivity index (χ4n) is 1.66. The molecule has 0 fully saturated rings. The van der Waals surface area contributed by atoms with Crippen molar-refractivity contribution in [3.8, 4) is 0 Å². The summed E-state index contributed by atoms with van der Waals surface area (Å²) >= 11 is 7.72. The molecule has 2 aromatic carbocycles. The second-order valence-electron chi connectivity index (χ2n) is 4.42. The molecule has 2 rings (SSSR count). The van der Waals surface area contributed by atoms with Crippen molar-refractivity contribution in [3.05, 3.63) is 53.1 Å². The minimum Gasteiger partial charge on any atom is -0.255 e. The molecule has 3 nitrogen and oxygen atoms in total. The lowest BCUT2D eigenvalue weighted by atomic mass is 10.2. The summed E-state index contributed by atoms with van der Waals surface area (Å²) in [5, 5.41) is 0.416. The molecule has 0 amide bonds. The Bertz CT molecular complexity index is 769. The molecule has 0 aliphatic carbocycles. The average molecular weight is 340 g/mol. The highest BCUT2D eigenvalue weighted by molar-refractivity contribution is 7.98. The van der Waals surface area contributed by atoms with Gasteiger partial charge in [-0.2, -0.15) is 0 Å². The lowest BCUT2D eigenvalue weighted by Crippen LogP contribution is -1.96. The van der Waals surface area contributed by atoms with Crippen molar-refractivity contribution >= 4 is 45.1 Å². The van der Waals surface area contributed by atoms with E-state index in [2.05, 4.69) is 4.99 Å². The Morgan fingerprint density at radius 2 is 1.81 bits per heavy atom. The molecule has 0 atom stereocenters. The molecule has 0 saturated carbocycles. The fourth-order valence-corrected chi connectivity index (χ4v) is 2.87. The molecular weight excluding hydrogens is 326 g/mol. The third-order valence-corrected chi connectivity index (χ3v) is 4.99. The first-order chi connectivity index (χ1) is 9.90. The van der Waals surface area contributed by atoms with Crippen LogP contribution < -0.4 is 0 Å². The molecule has 0 aromatic heterocycles. The molecule has 0 radical (unpaired) electrons. The summed E-state index contributed by atoms with van der Waals surface area (Å²) in [6.45, 7) is 0. The Morgan fingerprint density at radius 3 is 2.38 bits per heavy atom. The lowest BCUT2D eigenvalue weighted by molar-refractivity contribution is 0.602. The molecule has 0 spiro atoms. The molecule has 0 aliphatic heterocycles. The highest BCUT2D eigenvalue weighted by atomic mass is 35.5. The van der Waals surface area contributed by atoms with Crippen LogP contribution in [0.1, 0.15) is 5.56 Å². The molecule has 0 aliphatic rings. The lowest BCUT2D eigenvalue weighted by Gasteiger charge is -2.02. The number of hydrogen-bond acceptors (Lipinski definition) is 4. The summed E-state index contributed by atoms with van der Waals surface area (Å²) in [5.74, 6) is 0. The minimum absolute atomic E-state index is 0.205. The number of thioether (sulfide) groups is 1. The Morgan fingerprint density at radius 1 is 1.14 bits per heavy atom. The van der Waals surface area contributed by atoms with Crippen LogP contribution in [-0.4, -0.2) is 27.1 Å². The molecule has 21 heavy (non-hydrogen) atoms. The van der Waals surface area contributed by atoms with Gasteiger partial charge < -0.3 is 0 Å². The van der Waals surface area contributed by atoms with Crippen LogP contribution in [0, 0.1) is 0 Å². The monoisotopic (exact) mass is 339 g/mol. The van der Waals surface area contributed by atoms with E-state index < -0.39 is 9.84 Å². The van der Waals surface area contributed by atoms with Crippen molar-refractivity contribution in [2.75, 3.05) is 12.5 Å². The van der Waals surface area contributed by atoms with Gasteiger partial charge in [0, 0.05) is 17.4 Å².